The normalized spacial score (nSPS) is 15.4. The van der Waals surface area contributed by atoms with Crippen LogP contribution in [0.15, 0.2) is 30.3 Å². The van der Waals surface area contributed by atoms with E-state index in [4.69, 9.17) is 14.2 Å². The average Bonchev–Trinajstić information content (AvgIpc) is 3.15. The summed E-state index contributed by atoms with van der Waals surface area (Å²) in [4.78, 5) is 36.7. The minimum atomic E-state index is -0.996. The number of hydrogen-bond acceptors (Lipinski definition) is 6. The second-order valence-electron chi connectivity index (χ2n) is 8.23. The van der Waals surface area contributed by atoms with Crippen LogP contribution in [0.1, 0.15) is 64.9 Å². The number of amides is 1. The lowest BCUT2D eigenvalue weighted by Gasteiger charge is -2.23. The van der Waals surface area contributed by atoms with E-state index in [1.807, 2.05) is 30.3 Å². The molecule has 1 N–H and O–H groups in total. The smallest absolute Gasteiger partial charge is 0.408 e. The molecule has 0 bridgehead atoms. The Morgan fingerprint density at radius 3 is 2.38 bits per heavy atom. The van der Waals surface area contributed by atoms with Crippen LogP contribution in [0.2, 0.25) is 0 Å². The molecule has 0 radical (unpaired) electrons. The molecule has 0 heterocycles. The first kappa shape index (κ1) is 22.7. The first-order valence-corrected chi connectivity index (χ1v) is 10.1. The maximum absolute atomic E-state index is 12.5. The predicted molar refractivity (Wildman–Crippen MR) is 107 cm³/mol. The van der Waals surface area contributed by atoms with Crippen LogP contribution in [-0.2, 0) is 30.4 Å². The first-order chi connectivity index (χ1) is 13.7. The third-order valence-electron chi connectivity index (χ3n) is 4.44. The van der Waals surface area contributed by atoms with Gasteiger partial charge in [0.2, 0.25) is 0 Å². The molecule has 0 unspecified atom stereocenters. The summed E-state index contributed by atoms with van der Waals surface area (Å²) in [6, 6.07) is 8.24. The zero-order chi connectivity index (χ0) is 21.3. The van der Waals surface area contributed by atoms with Gasteiger partial charge in [-0.05, 0) is 58.4 Å². The lowest BCUT2D eigenvalue weighted by atomic mass is 10.1. The van der Waals surface area contributed by atoms with Gasteiger partial charge >= 0.3 is 18.0 Å². The van der Waals surface area contributed by atoms with Crippen LogP contribution in [0.5, 0.6) is 0 Å². The molecule has 7 heteroatoms. The Kier molecular flexibility index (Phi) is 8.49. The quantitative estimate of drug-likeness (QED) is 0.521. The molecule has 0 aliphatic heterocycles. The molecule has 1 aliphatic rings. The van der Waals surface area contributed by atoms with E-state index in [0.717, 1.165) is 31.2 Å². The summed E-state index contributed by atoms with van der Waals surface area (Å²) in [6.45, 7) is 5.27. The summed E-state index contributed by atoms with van der Waals surface area (Å²) >= 11 is 0. The third kappa shape index (κ3) is 8.98. The van der Waals surface area contributed by atoms with E-state index in [2.05, 4.69) is 5.32 Å². The van der Waals surface area contributed by atoms with Crippen LogP contribution >= 0.6 is 0 Å². The van der Waals surface area contributed by atoms with E-state index in [0.29, 0.717) is 0 Å². The van der Waals surface area contributed by atoms with Crippen molar-refractivity contribution in [3.8, 4) is 0 Å². The number of benzene rings is 1. The highest BCUT2D eigenvalue weighted by molar-refractivity contribution is 5.82. The van der Waals surface area contributed by atoms with Crippen molar-refractivity contribution in [2.24, 2.45) is 0 Å². The van der Waals surface area contributed by atoms with Crippen LogP contribution in [0.4, 0.5) is 4.79 Å². The molecule has 0 saturated heterocycles. The van der Waals surface area contributed by atoms with Crippen LogP contribution in [0.25, 0.3) is 0 Å². The molecule has 1 aromatic carbocycles. The van der Waals surface area contributed by atoms with Crippen molar-refractivity contribution >= 4 is 18.0 Å². The van der Waals surface area contributed by atoms with Gasteiger partial charge in [-0.1, -0.05) is 30.3 Å². The standard InChI is InChI=1S/C22H31NO6/c1-22(2,3)29-21(26)23-18(13-14-19(24)28-17-11-7-8-12-17)20(25)27-15-16-9-5-4-6-10-16/h4-6,9-10,17-18H,7-8,11-15H2,1-3H3,(H,23,26)/t18-/m1/s1. The molecule has 1 aromatic rings. The van der Waals surface area contributed by atoms with Gasteiger partial charge in [-0.3, -0.25) is 4.79 Å². The fourth-order valence-corrected chi connectivity index (χ4v) is 3.04. The summed E-state index contributed by atoms with van der Waals surface area (Å²) in [5.41, 5.74) is 0.127. The van der Waals surface area contributed by atoms with E-state index in [9.17, 15) is 14.4 Å². The fraction of sp³-hybridized carbons (Fsp3) is 0.591. The van der Waals surface area contributed by atoms with Gasteiger partial charge in [0.15, 0.2) is 0 Å². The molecule has 2 rings (SSSR count). The topological polar surface area (TPSA) is 90.9 Å². The molecule has 29 heavy (non-hydrogen) atoms. The largest absolute Gasteiger partial charge is 0.462 e. The van der Waals surface area contributed by atoms with Crippen molar-refractivity contribution in [3.05, 3.63) is 35.9 Å². The molecule has 160 valence electrons. The van der Waals surface area contributed by atoms with Crippen molar-refractivity contribution in [1.82, 2.24) is 5.32 Å². The van der Waals surface area contributed by atoms with Crippen molar-refractivity contribution < 1.29 is 28.6 Å². The van der Waals surface area contributed by atoms with Gasteiger partial charge < -0.3 is 19.5 Å². The molecule has 1 atom stereocenters. The van der Waals surface area contributed by atoms with E-state index in [1.54, 1.807) is 20.8 Å². The second kappa shape index (κ2) is 10.8. The number of rotatable bonds is 8. The number of hydrogen-bond donors (Lipinski definition) is 1. The van der Waals surface area contributed by atoms with E-state index in [1.165, 1.54) is 0 Å². The van der Waals surface area contributed by atoms with Crippen molar-refractivity contribution in [1.29, 1.82) is 0 Å². The Bertz CT molecular complexity index is 676. The predicted octanol–water partition coefficient (Wildman–Crippen LogP) is 3.89. The Hall–Kier alpha value is -2.57. The minimum Gasteiger partial charge on any atom is -0.462 e. The second-order valence-corrected chi connectivity index (χ2v) is 8.23. The fourth-order valence-electron chi connectivity index (χ4n) is 3.04. The zero-order valence-electron chi connectivity index (χ0n) is 17.4. The number of carbonyl (C=O) groups is 3. The molecular formula is C22H31NO6. The molecule has 7 nitrogen and oxygen atoms in total. The maximum Gasteiger partial charge on any atom is 0.408 e. The summed E-state index contributed by atoms with van der Waals surface area (Å²) in [5, 5.41) is 2.52. The highest BCUT2D eigenvalue weighted by atomic mass is 16.6. The summed E-state index contributed by atoms with van der Waals surface area (Å²) in [5.74, 6) is -0.989. The highest BCUT2D eigenvalue weighted by Gasteiger charge is 2.27. The van der Waals surface area contributed by atoms with E-state index >= 15 is 0 Å². The van der Waals surface area contributed by atoms with Crippen molar-refractivity contribution in [2.45, 2.75) is 83.6 Å². The minimum absolute atomic E-state index is 0.0113. The van der Waals surface area contributed by atoms with Crippen molar-refractivity contribution in [2.75, 3.05) is 0 Å². The van der Waals surface area contributed by atoms with Crippen LogP contribution < -0.4 is 5.32 Å². The van der Waals surface area contributed by atoms with Gasteiger partial charge in [0.05, 0.1) is 0 Å². The zero-order valence-corrected chi connectivity index (χ0v) is 17.4. The summed E-state index contributed by atoms with van der Waals surface area (Å²) in [6.07, 6.45) is 3.21. The van der Waals surface area contributed by atoms with Gasteiger partial charge in [0.1, 0.15) is 24.4 Å². The van der Waals surface area contributed by atoms with E-state index in [-0.39, 0.29) is 31.5 Å². The number of ether oxygens (including phenoxy) is 3. The SMILES string of the molecule is CC(C)(C)OC(=O)N[C@H](CCC(=O)OC1CCCC1)C(=O)OCc1ccccc1. The van der Waals surface area contributed by atoms with E-state index < -0.39 is 23.7 Å². The Morgan fingerprint density at radius 1 is 1.10 bits per heavy atom. The molecular weight excluding hydrogens is 374 g/mol. The average molecular weight is 405 g/mol. The monoisotopic (exact) mass is 405 g/mol. The maximum atomic E-state index is 12.5. The first-order valence-electron chi connectivity index (χ1n) is 10.1. The van der Waals surface area contributed by atoms with Crippen LogP contribution in [0, 0.1) is 0 Å². The molecule has 1 amide bonds. The van der Waals surface area contributed by atoms with Crippen LogP contribution in [-0.4, -0.2) is 35.8 Å². The highest BCUT2D eigenvalue weighted by Crippen LogP contribution is 2.21. The third-order valence-corrected chi connectivity index (χ3v) is 4.44. The van der Waals surface area contributed by atoms with Gasteiger partial charge in [0.25, 0.3) is 0 Å². The van der Waals surface area contributed by atoms with Gasteiger partial charge in [-0.25, -0.2) is 9.59 Å². The Balaban J connectivity index is 1.90. The molecule has 0 aromatic heterocycles. The number of nitrogens with one attached hydrogen (secondary N) is 1. The molecule has 1 saturated carbocycles. The Labute approximate surface area is 172 Å². The van der Waals surface area contributed by atoms with Crippen molar-refractivity contribution in [3.63, 3.8) is 0 Å². The lowest BCUT2D eigenvalue weighted by Crippen LogP contribution is -2.44. The van der Waals surface area contributed by atoms with Crippen LogP contribution in [0.3, 0.4) is 0 Å². The molecule has 1 fully saturated rings. The lowest BCUT2D eigenvalue weighted by molar-refractivity contribution is -0.150. The van der Waals surface area contributed by atoms with Gasteiger partial charge in [-0.2, -0.15) is 0 Å². The number of carbonyl (C=O) groups excluding carboxylic acids is 3. The summed E-state index contributed by atoms with van der Waals surface area (Å²) in [7, 11) is 0. The van der Waals surface area contributed by atoms with Gasteiger partial charge in [0, 0.05) is 6.42 Å². The Morgan fingerprint density at radius 2 is 1.76 bits per heavy atom. The number of esters is 2. The number of alkyl carbamates (subject to hydrolysis) is 1. The molecule has 1 aliphatic carbocycles. The summed E-state index contributed by atoms with van der Waals surface area (Å²) < 4.78 is 16.0. The molecule has 0 spiro atoms. The van der Waals surface area contributed by atoms with Gasteiger partial charge in [-0.15, -0.1) is 0 Å².